The highest BCUT2D eigenvalue weighted by molar-refractivity contribution is 6.37. The number of likely N-dealkylation sites (tertiary alicyclic amines) is 1. The van der Waals surface area contributed by atoms with Gasteiger partial charge in [0.25, 0.3) is 5.91 Å². The minimum atomic E-state index is -1.15. The molecule has 9 nitrogen and oxygen atoms in total. The summed E-state index contributed by atoms with van der Waals surface area (Å²) in [5.41, 5.74) is 10.8. The molecule has 0 bridgehead atoms. The maximum atomic E-state index is 13.0. The monoisotopic (exact) mass is 412 g/mol. The van der Waals surface area contributed by atoms with E-state index >= 15 is 0 Å². The van der Waals surface area contributed by atoms with Crippen LogP contribution in [0.4, 0.5) is 0 Å². The van der Waals surface area contributed by atoms with E-state index in [9.17, 15) is 19.2 Å². The Balaban J connectivity index is 3.07. The van der Waals surface area contributed by atoms with Gasteiger partial charge in [0.2, 0.25) is 17.6 Å². The molecule has 166 valence electrons. The summed E-state index contributed by atoms with van der Waals surface area (Å²) in [5.74, 6) is -2.53. The fourth-order valence-electron chi connectivity index (χ4n) is 3.40. The average molecular weight is 413 g/mol. The standard InChI is InChI=1S/C20H36N4O5/c1-11(2)12-9-14(24(10-12)19(29)16(21)20(3,4)5)18(28)23-13(7-6-8-25)15(26)17(22)27/h11-14,16,25H,6-10,21H2,1-5H3,(H2,22,27)(H,23,28)/t12-,13?,14+,16-/m1/s1. The number of primary amides is 1. The van der Waals surface area contributed by atoms with E-state index in [4.69, 9.17) is 16.6 Å². The van der Waals surface area contributed by atoms with E-state index < -0.39 is 41.1 Å². The summed E-state index contributed by atoms with van der Waals surface area (Å²) in [7, 11) is 0. The van der Waals surface area contributed by atoms with Gasteiger partial charge in [-0.15, -0.1) is 0 Å². The molecule has 0 aromatic carbocycles. The first-order valence-electron chi connectivity index (χ1n) is 10.1. The second-order valence-electron chi connectivity index (χ2n) is 9.25. The zero-order valence-corrected chi connectivity index (χ0v) is 18.1. The lowest BCUT2D eigenvalue weighted by Crippen LogP contribution is -2.57. The number of nitrogens with one attached hydrogen (secondary N) is 1. The van der Waals surface area contributed by atoms with Gasteiger partial charge in [-0.05, 0) is 36.5 Å². The van der Waals surface area contributed by atoms with Crippen LogP contribution in [0.15, 0.2) is 0 Å². The topological polar surface area (TPSA) is 156 Å². The molecular formula is C20H36N4O5. The van der Waals surface area contributed by atoms with Crippen LogP contribution < -0.4 is 16.8 Å². The first kappa shape index (κ1) is 25.0. The van der Waals surface area contributed by atoms with Crippen LogP contribution in [-0.2, 0) is 19.2 Å². The number of ketones is 1. The highest BCUT2D eigenvalue weighted by Gasteiger charge is 2.44. The van der Waals surface area contributed by atoms with Crippen LogP contribution in [0, 0.1) is 17.3 Å². The molecule has 1 saturated heterocycles. The third-order valence-corrected chi connectivity index (χ3v) is 5.59. The Labute approximate surface area is 172 Å². The zero-order valence-electron chi connectivity index (χ0n) is 18.1. The van der Waals surface area contributed by atoms with Crippen molar-refractivity contribution in [1.82, 2.24) is 10.2 Å². The summed E-state index contributed by atoms with van der Waals surface area (Å²) in [6.45, 7) is 9.84. The van der Waals surface area contributed by atoms with E-state index in [-0.39, 0.29) is 37.2 Å². The molecule has 1 heterocycles. The molecule has 0 saturated carbocycles. The van der Waals surface area contributed by atoms with Crippen LogP contribution >= 0.6 is 0 Å². The van der Waals surface area contributed by atoms with E-state index in [1.165, 1.54) is 4.90 Å². The normalized spacial score (nSPS) is 21.7. The highest BCUT2D eigenvalue weighted by Crippen LogP contribution is 2.31. The Morgan fingerprint density at radius 1 is 1.21 bits per heavy atom. The number of aliphatic hydroxyl groups excluding tert-OH is 1. The number of aliphatic hydroxyl groups is 1. The maximum Gasteiger partial charge on any atom is 0.287 e. The number of carbonyl (C=O) groups excluding carboxylic acids is 4. The van der Waals surface area contributed by atoms with E-state index in [0.717, 1.165) is 0 Å². The number of nitrogens with zero attached hydrogens (tertiary/aromatic N) is 1. The lowest BCUT2D eigenvalue weighted by molar-refractivity contribution is -0.143. The van der Waals surface area contributed by atoms with Crippen molar-refractivity contribution >= 4 is 23.5 Å². The lowest BCUT2D eigenvalue weighted by Gasteiger charge is -2.33. The molecule has 4 atom stereocenters. The molecule has 1 fully saturated rings. The molecule has 0 spiro atoms. The quantitative estimate of drug-likeness (QED) is 0.376. The molecule has 0 aliphatic carbocycles. The minimum absolute atomic E-state index is 0.0831. The summed E-state index contributed by atoms with van der Waals surface area (Å²) in [6, 6.07) is -2.68. The van der Waals surface area contributed by atoms with E-state index in [0.29, 0.717) is 13.0 Å². The molecule has 1 unspecified atom stereocenters. The van der Waals surface area contributed by atoms with Gasteiger partial charge in [0.15, 0.2) is 0 Å². The molecule has 0 radical (unpaired) electrons. The Hall–Kier alpha value is -2.00. The van der Waals surface area contributed by atoms with Crippen molar-refractivity contribution in [1.29, 1.82) is 0 Å². The second-order valence-corrected chi connectivity index (χ2v) is 9.25. The van der Waals surface area contributed by atoms with E-state index in [2.05, 4.69) is 5.32 Å². The number of rotatable bonds is 9. The van der Waals surface area contributed by atoms with Crippen LogP contribution in [0.1, 0.15) is 53.9 Å². The largest absolute Gasteiger partial charge is 0.396 e. The third kappa shape index (κ3) is 6.50. The third-order valence-electron chi connectivity index (χ3n) is 5.59. The number of hydrogen-bond donors (Lipinski definition) is 4. The predicted octanol–water partition coefficient (Wildman–Crippen LogP) is -0.455. The molecular weight excluding hydrogens is 376 g/mol. The Morgan fingerprint density at radius 2 is 1.79 bits per heavy atom. The van der Waals surface area contributed by atoms with Crippen molar-refractivity contribution in [2.24, 2.45) is 28.7 Å². The summed E-state index contributed by atoms with van der Waals surface area (Å²) < 4.78 is 0. The van der Waals surface area contributed by atoms with Crippen molar-refractivity contribution in [2.45, 2.75) is 72.0 Å². The first-order valence-corrected chi connectivity index (χ1v) is 10.1. The van der Waals surface area contributed by atoms with Crippen LogP contribution in [0.2, 0.25) is 0 Å². The maximum absolute atomic E-state index is 13.0. The van der Waals surface area contributed by atoms with E-state index in [1.807, 2.05) is 34.6 Å². The highest BCUT2D eigenvalue weighted by atomic mass is 16.3. The first-order chi connectivity index (χ1) is 13.3. The fourth-order valence-corrected chi connectivity index (χ4v) is 3.40. The van der Waals surface area contributed by atoms with Crippen molar-refractivity contribution in [3.05, 3.63) is 0 Å². The van der Waals surface area contributed by atoms with Crippen LogP contribution in [-0.4, -0.2) is 64.8 Å². The van der Waals surface area contributed by atoms with Gasteiger partial charge in [-0.3, -0.25) is 19.2 Å². The SMILES string of the molecule is CC(C)[C@@H]1C[C@@H](C(=O)NC(CCCO)C(=O)C(N)=O)N(C(=O)[C@@H](N)C(C)(C)C)C1. The summed E-state index contributed by atoms with van der Waals surface area (Å²) in [5, 5.41) is 11.6. The smallest absolute Gasteiger partial charge is 0.287 e. The molecule has 1 aliphatic rings. The summed E-state index contributed by atoms with van der Waals surface area (Å²) >= 11 is 0. The van der Waals surface area contributed by atoms with E-state index in [1.54, 1.807) is 0 Å². The Bertz CT molecular complexity index is 629. The van der Waals surface area contributed by atoms with Gasteiger partial charge in [-0.1, -0.05) is 34.6 Å². The molecule has 29 heavy (non-hydrogen) atoms. The molecule has 0 aromatic rings. The predicted molar refractivity (Wildman–Crippen MR) is 108 cm³/mol. The minimum Gasteiger partial charge on any atom is -0.396 e. The number of amides is 3. The molecule has 3 amide bonds. The van der Waals surface area contributed by atoms with Gasteiger partial charge in [0.05, 0.1) is 12.1 Å². The van der Waals surface area contributed by atoms with Gasteiger partial charge in [0, 0.05) is 13.2 Å². The van der Waals surface area contributed by atoms with Gasteiger partial charge in [-0.25, -0.2) is 0 Å². The Kier molecular flexibility index (Phi) is 8.77. The number of nitrogens with two attached hydrogens (primary N) is 2. The molecule has 6 N–H and O–H groups in total. The van der Waals surface area contributed by atoms with Crippen molar-refractivity contribution in [3.8, 4) is 0 Å². The molecule has 1 aliphatic heterocycles. The van der Waals surface area contributed by atoms with Crippen LogP contribution in [0.25, 0.3) is 0 Å². The van der Waals surface area contributed by atoms with Gasteiger partial charge < -0.3 is 26.8 Å². The summed E-state index contributed by atoms with van der Waals surface area (Å²) in [4.78, 5) is 50.9. The second kappa shape index (κ2) is 10.2. The average Bonchev–Trinajstić information content (AvgIpc) is 3.08. The van der Waals surface area contributed by atoms with Gasteiger partial charge in [0.1, 0.15) is 6.04 Å². The molecule has 0 aromatic heterocycles. The van der Waals surface area contributed by atoms with Crippen molar-refractivity contribution in [2.75, 3.05) is 13.2 Å². The van der Waals surface area contributed by atoms with Gasteiger partial charge in [-0.2, -0.15) is 0 Å². The lowest BCUT2D eigenvalue weighted by atomic mass is 9.86. The van der Waals surface area contributed by atoms with Crippen molar-refractivity contribution in [3.63, 3.8) is 0 Å². The number of hydrogen-bond acceptors (Lipinski definition) is 6. The molecule has 1 rings (SSSR count). The fraction of sp³-hybridized carbons (Fsp3) is 0.800. The summed E-state index contributed by atoms with van der Waals surface area (Å²) in [6.07, 6.45) is 0.754. The van der Waals surface area contributed by atoms with Crippen LogP contribution in [0.3, 0.4) is 0 Å². The Morgan fingerprint density at radius 3 is 2.24 bits per heavy atom. The van der Waals surface area contributed by atoms with Gasteiger partial charge >= 0.3 is 0 Å². The zero-order chi connectivity index (χ0) is 22.5. The number of carbonyl (C=O) groups is 4. The van der Waals surface area contributed by atoms with Crippen molar-refractivity contribution < 1.29 is 24.3 Å². The van der Waals surface area contributed by atoms with Crippen LogP contribution in [0.5, 0.6) is 0 Å². The molecule has 9 heteroatoms. The number of Topliss-reactive ketones (excluding diaryl/α,β-unsaturated/α-hetero) is 1.